The summed E-state index contributed by atoms with van der Waals surface area (Å²) in [4.78, 5) is 26.2. The molecule has 0 saturated carbocycles. The van der Waals surface area contributed by atoms with Gasteiger partial charge >= 0.3 is 12.1 Å². The monoisotopic (exact) mass is 382 g/mol. The second-order valence-electron chi connectivity index (χ2n) is 7.10. The highest BCUT2D eigenvalue weighted by Crippen LogP contribution is 2.37. The van der Waals surface area contributed by atoms with Crippen LogP contribution in [0.5, 0.6) is 0 Å². The average molecular weight is 382 g/mol. The zero-order valence-electron chi connectivity index (χ0n) is 14.4. The van der Waals surface area contributed by atoms with Gasteiger partial charge in [-0.05, 0) is 12.8 Å². The normalized spacial score (nSPS) is 23.5. The van der Waals surface area contributed by atoms with E-state index in [2.05, 4.69) is 15.1 Å². The number of hydrogen-bond donors (Lipinski definition) is 1. The van der Waals surface area contributed by atoms with Crippen molar-refractivity contribution < 1.29 is 24.2 Å². The van der Waals surface area contributed by atoms with Crippen molar-refractivity contribution in [2.45, 2.75) is 37.2 Å². The molecule has 142 valence electrons. The number of carbonyl (C=O) groups excluding carboxylic acids is 1. The standard InChI is InChI=1S/C16H22N4O5S/c21-12(22)9-20-10-16(25-15(20)23)3-5-19(6-4-16)14-18-17-13(26-14)11-1-7-24-8-2-11/h11H,1-10H2,(H,21,22). The number of rotatable bonds is 4. The number of anilines is 1. The molecule has 4 heterocycles. The summed E-state index contributed by atoms with van der Waals surface area (Å²) in [5, 5.41) is 19.6. The van der Waals surface area contributed by atoms with Gasteiger partial charge in [-0.15, -0.1) is 10.2 Å². The molecule has 1 aromatic rings. The maximum absolute atomic E-state index is 11.9. The Kier molecular flexibility index (Phi) is 4.70. The van der Waals surface area contributed by atoms with E-state index in [-0.39, 0.29) is 6.54 Å². The van der Waals surface area contributed by atoms with Gasteiger partial charge in [-0.25, -0.2) is 4.79 Å². The Morgan fingerprint density at radius 3 is 2.69 bits per heavy atom. The van der Waals surface area contributed by atoms with E-state index in [4.69, 9.17) is 14.6 Å². The molecule has 3 aliphatic rings. The fraction of sp³-hybridized carbons (Fsp3) is 0.750. The van der Waals surface area contributed by atoms with Crippen molar-refractivity contribution in [3.8, 4) is 0 Å². The molecule has 0 atom stereocenters. The van der Waals surface area contributed by atoms with Gasteiger partial charge < -0.3 is 19.5 Å². The number of ether oxygens (including phenoxy) is 2. The lowest BCUT2D eigenvalue weighted by Crippen LogP contribution is -2.47. The van der Waals surface area contributed by atoms with Gasteiger partial charge in [0.05, 0.1) is 6.54 Å². The number of carbonyl (C=O) groups is 2. The van der Waals surface area contributed by atoms with Crippen molar-refractivity contribution >= 4 is 28.5 Å². The minimum absolute atomic E-state index is 0.310. The van der Waals surface area contributed by atoms with Crippen LogP contribution in [0.2, 0.25) is 0 Å². The highest BCUT2D eigenvalue weighted by Gasteiger charge is 2.47. The van der Waals surface area contributed by atoms with E-state index in [0.29, 0.717) is 25.3 Å². The summed E-state index contributed by atoms with van der Waals surface area (Å²) >= 11 is 1.64. The van der Waals surface area contributed by atoms with Crippen LogP contribution in [0.15, 0.2) is 0 Å². The van der Waals surface area contributed by atoms with Crippen molar-refractivity contribution in [2.75, 3.05) is 44.3 Å². The average Bonchev–Trinajstić information content (AvgIpc) is 3.22. The Morgan fingerprint density at radius 1 is 1.27 bits per heavy atom. The van der Waals surface area contributed by atoms with Crippen LogP contribution >= 0.6 is 11.3 Å². The summed E-state index contributed by atoms with van der Waals surface area (Å²) in [5.41, 5.74) is -0.572. The molecule has 10 heteroatoms. The molecule has 1 N–H and O–H groups in total. The van der Waals surface area contributed by atoms with E-state index in [1.807, 2.05) is 0 Å². The van der Waals surface area contributed by atoms with Gasteiger partial charge in [0.2, 0.25) is 5.13 Å². The number of amides is 1. The predicted molar refractivity (Wildman–Crippen MR) is 92.6 cm³/mol. The van der Waals surface area contributed by atoms with Gasteiger partial charge in [-0.1, -0.05) is 11.3 Å². The molecule has 9 nitrogen and oxygen atoms in total. The number of piperidine rings is 1. The quantitative estimate of drug-likeness (QED) is 0.831. The molecule has 1 aromatic heterocycles. The number of aliphatic carboxylic acids is 1. The largest absolute Gasteiger partial charge is 0.480 e. The van der Waals surface area contributed by atoms with E-state index in [0.717, 1.165) is 49.3 Å². The third-order valence-electron chi connectivity index (χ3n) is 5.31. The van der Waals surface area contributed by atoms with Crippen molar-refractivity contribution in [1.82, 2.24) is 15.1 Å². The lowest BCUT2D eigenvalue weighted by molar-refractivity contribution is -0.137. The van der Waals surface area contributed by atoms with Crippen LogP contribution in [-0.2, 0) is 14.3 Å². The molecule has 0 bridgehead atoms. The van der Waals surface area contributed by atoms with Crippen LogP contribution in [0.25, 0.3) is 0 Å². The molecule has 1 amide bonds. The topological polar surface area (TPSA) is 105 Å². The summed E-state index contributed by atoms with van der Waals surface area (Å²) in [5.74, 6) is -0.586. The molecule has 4 rings (SSSR count). The number of aromatic nitrogens is 2. The fourth-order valence-corrected chi connectivity index (χ4v) is 4.87. The molecule has 0 radical (unpaired) electrons. The number of carboxylic acids is 1. The molecule has 26 heavy (non-hydrogen) atoms. The predicted octanol–water partition coefficient (Wildman–Crippen LogP) is 1.31. The van der Waals surface area contributed by atoms with Crippen molar-refractivity contribution in [1.29, 1.82) is 0 Å². The first kappa shape index (κ1) is 17.5. The third-order valence-corrected chi connectivity index (χ3v) is 6.46. The summed E-state index contributed by atoms with van der Waals surface area (Å²) in [7, 11) is 0. The Bertz CT molecular complexity index is 682. The summed E-state index contributed by atoms with van der Waals surface area (Å²) in [6, 6.07) is 0. The highest BCUT2D eigenvalue weighted by atomic mass is 32.1. The molecule has 1 spiro atoms. The van der Waals surface area contributed by atoms with Crippen LogP contribution < -0.4 is 4.90 Å². The lowest BCUT2D eigenvalue weighted by atomic mass is 9.91. The minimum atomic E-state index is -1.02. The van der Waals surface area contributed by atoms with Crippen LogP contribution in [-0.4, -0.2) is 77.3 Å². The van der Waals surface area contributed by atoms with E-state index in [9.17, 15) is 9.59 Å². The Labute approximate surface area is 154 Å². The van der Waals surface area contributed by atoms with Gasteiger partial charge in [0.1, 0.15) is 17.2 Å². The first-order valence-corrected chi connectivity index (χ1v) is 9.72. The van der Waals surface area contributed by atoms with Gasteiger partial charge in [-0.2, -0.15) is 0 Å². The third kappa shape index (κ3) is 3.48. The first-order valence-electron chi connectivity index (χ1n) is 8.90. The molecule has 0 unspecified atom stereocenters. The maximum Gasteiger partial charge on any atom is 0.411 e. The zero-order valence-corrected chi connectivity index (χ0v) is 15.2. The van der Waals surface area contributed by atoms with E-state index >= 15 is 0 Å². The van der Waals surface area contributed by atoms with Gasteiger partial charge in [0.15, 0.2) is 0 Å². The van der Waals surface area contributed by atoms with Crippen molar-refractivity contribution in [3.05, 3.63) is 5.01 Å². The molecule has 3 saturated heterocycles. The van der Waals surface area contributed by atoms with Crippen molar-refractivity contribution in [3.63, 3.8) is 0 Å². The first-order chi connectivity index (χ1) is 12.5. The van der Waals surface area contributed by atoms with Crippen LogP contribution in [0, 0.1) is 0 Å². The van der Waals surface area contributed by atoms with Gasteiger partial charge in [0.25, 0.3) is 0 Å². The van der Waals surface area contributed by atoms with E-state index < -0.39 is 17.7 Å². The zero-order chi connectivity index (χ0) is 18.1. The maximum atomic E-state index is 11.9. The summed E-state index contributed by atoms with van der Waals surface area (Å²) in [6.45, 7) is 3.03. The van der Waals surface area contributed by atoms with Gasteiger partial charge in [0, 0.05) is 45.1 Å². The molecule has 0 aromatic carbocycles. The van der Waals surface area contributed by atoms with Crippen molar-refractivity contribution in [2.24, 2.45) is 0 Å². The fourth-order valence-electron chi connectivity index (χ4n) is 3.81. The molecular formula is C16H22N4O5S. The number of carboxylic acid groups (broad SMARTS) is 1. The van der Waals surface area contributed by atoms with Gasteiger partial charge in [-0.3, -0.25) is 9.69 Å². The molecule has 3 aliphatic heterocycles. The SMILES string of the molecule is O=C(O)CN1CC2(CCN(c3nnc(C4CCOCC4)s3)CC2)OC1=O. The smallest absolute Gasteiger partial charge is 0.411 e. The van der Waals surface area contributed by atoms with Crippen LogP contribution in [0.3, 0.4) is 0 Å². The van der Waals surface area contributed by atoms with E-state index in [1.165, 1.54) is 4.90 Å². The summed E-state index contributed by atoms with van der Waals surface area (Å²) in [6.07, 6.45) is 2.79. The number of hydrogen-bond acceptors (Lipinski definition) is 8. The second kappa shape index (κ2) is 6.99. The number of nitrogens with zero attached hydrogens (tertiary/aromatic N) is 4. The Balaban J connectivity index is 1.36. The van der Waals surface area contributed by atoms with E-state index in [1.54, 1.807) is 11.3 Å². The second-order valence-corrected chi connectivity index (χ2v) is 8.08. The molecular weight excluding hydrogens is 360 g/mol. The Hall–Kier alpha value is -1.94. The minimum Gasteiger partial charge on any atom is -0.480 e. The lowest BCUT2D eigenvalue weighted by Gasteiger charge is -2.37. The molecule has 0 aliphatic carbocycles. The van der Waals surface area contributed by atoms with Crippen LogP contribution in [0.1, 0.15) is 36.6 Å². The Morgan fingerprint density at radius 2 is 2.00 bits per heavy atom. The highest BCUT2D eigenvalue weighted by molar-refractivity contribution is 7.15. The molecule has 3 fully saturated rings. The summed E-state index contributed by atoms with van der Waals surface area (Å²) < 4.78 is 10.9. The van der Waals surface area contributed by atoms with Crippen LogP contribution in [0.4, 0.5) is 9.93 Å².